The maximum absolute atomic E-state index is 11.8. The van der Waals surface area contributed by atoms with Crippen molar-refractivity contribution < 1.29 is 9.53 Å². The Bertz CT molecular complexity index is 251. The van der Waals surface area contributed by atoms with Gasteiger partial charge in [-0.3, -0.25) is 4.90 Å². The molecule has 112 valence electrons. The molecule has 0 radical (unpaired) electrons. The second kappa shape index (κ2) is 9.15. The minimum atomic E-state index is -0.156. The van der Waals surface area contributed by atoms with Gasteiger partial charge in [-0.1, -0.05) is 20.3 Å². The van der Waals surface area contributed by atoms with Gasteiger partial charge >= 0.3 is 6.09 Å². The second-order valence-electron chi connectivity index (χ2n) is 5.65. The van der Waals surface area contributed by atoms with Crippen LogP contribution in [0, 0.1) is 5.92 Å². The molecule has 2 N–H and O–H groups in total. The Balaban J connectivity index is 2.12. The molecule has 1 heterocycles. The molecule has 0 spiro atoms. The van der Waals surface area contributed by atoms with Gasteiger partial charge in [0, 0.05) is 26.2 Å². The van der Waals surface area contributed by atoms with Gasteiger partial charge in [-0.15, -0.1) is 0 Å². The molecule has 1 aliphatic rings. The van der Waals surface area contributed by atoms with Crippen molar-refractivity contribution in [2.24, 2.45) is 11.7 Å². The van der Waals surface area contributed by atoms with Gasteiger partial charge in [0.1, 0.15) is 0 Å². The average molecular weight is 271 g/mol. The average Bonchev–Trinajstić information content (AvgIpc) is 2.41. The van der Waals surface area contributed by atoms with Crippen LogP contribution in [-0.4, -0.2) is 61.8 Å². The fraction of sp³-hybridized carbons (Fsp3) is 0.929. The summed E-state index contributed by atoms with van der Waals surface area (Å²) in [4.78, 5) is 16.0. The summed E-state index contributed by atoms with van der Waals surface area (Å²) in [6.07, 6.45) is 3.36. The smallest absolute Gasteiger partial charge is 0.409 e. The van der Waals surface area contributed by atoms with Gasteiger partial charge in [-0.05, 0) is 31.8 Å². The van der Waals surface area contributed by atoms with E-state index in [0.29, 0.717) is 12.5 Å². The number of amides is 1. The van der Waals surface area contributed by atoms with Gasteiger partial charge in [0.15, 0.2) is 0 Å². The van der Waals surface area contributed by atoms with Gasteiger partial charge in [0.2, 0.25) is 0 Å². The number of hydrogen-bond acceptors (Lipinski definition) is 4. The molecule has 0 saturated carbocycles. The van der Waals surface area contributed by atoms with E-state index in [4.69, 9.17) is 10.5 Å². The second-order valence-corrected chi connectivity index (χ2v) is 5.65. The number of piperazine rings is 1. The molecule has 1 fully saturated rings. The standard InChI is InChI=1S/C14H29N3O2/c1-13(2)12-19-14(18)17-10-8-16(9-11-17)7-5-3-4-6-15/h13H,3-12,15H2,1-2H3. The quantitative estimate of drug-likeness (QED) is 0.713. The van der Waals surface area contributed by atoms with E-state index < -0.39 is 0 Å². The van der Waals surface area contributed by atoms with Crippen LogP contribution < -0.4 is 5.73 Å². The van der Waals surface area contributed by atoms with Crippen molar-refractivity contribution in [3.8, 4) is 0 Å². The maximum atomic E-state index is 11.8. The fourth-order valence-corrected chi connectivity index (χ4v) is 2.14. The third kappa shape index (κ3) is 6.78. The Morgan fingerprint density at radius 1 is 1.16 bits per heavy atom. The van der Waals surface area contributed by atoms with E-state index >= 15 is 0 Å². The lowest BCUT2D eigenvalue weighted by Crippen LogP contribution is -2.49. The minimum absolute atomic E-state index is 0.156. The summed E-state index contributed by atoms with van der Waals surface area (Å²) in [5.74, 6) is 0.396. The van der Waals surface area contributed by atoms with E-state index in [1.165, 1.54) is 12.8 Å². The van der Waals surface area contributed by atoms with E-state index in [1.54, 1.807) is 0 Å². The van der Waals surface area contributed by atoms with Crippen molar-refractivity contribution >= 4 is 6.09 Å². The van der Waals surface area contributed by atoms with Crippen LogP contribution in [0.25, 0.3) is 0 Å². The molecule has 5 nitrogen and oxygen atoms in total. The number of ether oxygens (including phenoxy) is 1. The first kappa shape index (κ1) is 16.2. The molecule has 0 aromatic heterocycles. The third-order valence-electron chi connectivity index (χ3n) is 3.35. The summed E-state index contributed by atoms with van der Waals surface area (Å²) in [5.41, 5.74) is 5.48. The lowest BCUT2D eigenvalue weighted by Gasteiger charge is -2.34. The molecule has 0 aromatic carbocycles. The van der Waals surface area contributed by atoms with Gasteiger partial charge in [-0.25, -0.2) is 4.79 Å². The van der Waals surface area contributed by atoms with Crippen LogP contribution in [0.15, 0.2) is 0 Å². The van der Waals surface area contributed by atoms with Gasteiger partial charge in [-0.2, -0.15) is 0 Å². The Kier molecular flexibility index (Phi) is 7.82. The first-order valence-electron chi connectivity index (χ1n) is 7.47. The first-order valence-corrected chi connectivity index (χ1v) is 7.47. The highest BCUT2D eigenvalue weighted by Gasteiger charge is 2.21. The number of carbonyl (C=O) groups excluding carboxylic acids is 1. The van der Waals surface area contributed by atoms with Crippen molar-refractivity contribution in [3.05, 3.63) is 0 Å². The summed E-state index contributed by atoms with van der Waals surface area (Å²) in [6, 6.07) is 0. The molecule has 0 bridgehead atoms. The highest BCUT2D eigenvalue weighted by molar-refractivity contribution is 5.67. The zero-order valence-corrected chi connectivity index (χ0v) is 12.4. The summed E-state index contributed by atoms with van der Waals surface area (Å²) >= 11 is 0. The van der Waals surface area contributed by atoms with Crippen molar-refractivity contribution in [2.75, 3.05) is 45.9 Å². The predicted molar refractivity (Wildman–Crippen MR) is 77.1 cm³/mol. The molecule has 19 heavy (non-hydrogen) atoms. The minimum Gasteiger partial charge on any atom is -0.449 e. The SMILES string of the molecule is CC(C)COC(=O)N1CCN(CCCCCN)CC1. The number of carbonyl (C=O) groups is 1. The largest absolute Gasteiger partial charge is 0.449 e. The van der Waals surface area contributed by atoms with Crippen LogP contribution in [-0.2, 0) is 4.74 Å². The third-order valence-corrected chi connectivity index (χ3v) is 3.35. The Labute approximate surface area is 117 Å². The van der Waals surface area contributed by atoms with Crippen molar-refractivity contribution in [1.29, 1.82) is 0 Å². The van der Waals surface area contributed by atoms with Crippen LogP contribution >= 0.6 is 0 Å². The van der Waals surface area contributed by atoms with Gasteiger partial charge in [0.25, 0.3) is 0 Å². The molecular weight excluding hydrogens is 242 g/mol. The highest BCUT2D eigenvalue weighted by atomic mass is 16.6. The first-order chi connectivity index (χ1) is 9.13. The van der Waals surface area contributed by atoms with E-state index in [1.807, 2.05) is 18.7 Å². The van der Waals surface area contributed by atoms with E-state index in [-0.39, 0.29) is 6.09 Å². The van der Waals surface area contributed by atoms with Crippen LogP contribution in [0.4, 0.5) is 4.79 Å². The summed E-state index contributed by atoms with van der Waals surface area (Å²) < 4.78 is 5.25. The van der Waals surface area contributed by atoms with Crippen LogP contribution in [0.1, 0.15) is 33.1 Å². The van der Waals surface area contributed by atoms with Crippen molar-refractivity contribution in [1.82, 2.24) is 9.80 Å². The number of nitrogens with two attached hydrogens (primary N) is 1. The molecule has 0 aliphatic carbocycles. The summed E-state index contributed by atoms with van der Waals surface area (Å²) in [5, 5.41) is 0. The van der Waals surface area contributed by atoms with Gasteiger partial charge in [0.05, 0.1) is 6.61 Å². The molecule has 0 atom stereocenters. The number of unbranched alkanes of at least 4 members (excludes halogenated alkanes) is 2. The molecule has 1 aliphatic heterocycles. The monoisotopic (exact) mass is 271 g/mol. The van der Waals surface area contributed by atoms with Crippen LogP contribution in [0.5, 0.6) is 0 Å². The van der Waals surface area contributed by atoms with Crippen LogP contribution in [0.2, 0.25) is 0 Å². The molecule has 1 saturated heterocycles. The van der Waals surface area contributed by atoms with Gasteiger partial charge < -0.3 is 15.4 Å². The Morgan fingerprint density at radius 3 is 2.42 bits per heavy atom. The van der Waals surface area contributed by atoms with E-state index in [2.05, 4.69) is 4.90 Å². The zero-order valence-electron chi connectivity index (χ0n) is 12.4. The molecule has 1 amide bonds. The Morgan fingerprint density at radius 2 is 1.84 bits per heavy atom. The molecular formula is C14H29N3O2. The Hall–Kier alpha value is -0.810. The highest BCUT2D eigenvalue weighted by Crippen LogP contribution is 2.06. The van der Waals surface area contributed by atoms with E-state index in [0.717, 1.165) is 45.7 Å². The van der Waals surface area contributed by atoms with Crippen molar-refractivity contribution in [2.45, 2.75) is 33.1 Å². The lowest BCUT2D eigenvalue weighted by molar-refractivity contribution is 0.0687. The summed E-state index contributed by atoms with van der Waals surface area (Å²) in [6.45, 7) is 10.0. The number of hydrogen-bond donors (Lipinski definition) is 1. The topological polar surface area (TPSA) is 58.8 Å². The number of rotatable bonds is 7. The fourth-order valence-electron chi connectivity index (χ4n) is 2.14. The number of nitrogens with zero attached hydrogens (tertiary/aromatic N) is 2. The lowest BCUT2D eigenvalue weighted by atomic mass is 10.2. The summed E-state index contributed by atoms with van der Waals surface area (Å²) in [7, 11) is 0. The zero-order chi connectivity index (χ0) is 14.1. The predicted octanol–water partition coefficient (Wildman–Crippen LogP) is 1.53. The molecule has 0 aromatic rings. The maximum Gasteiger partial charge on any atom is 0.409 e. The van der Waals surface area contributed by atoms with Crippen molar-refractivity contribution in [3.63, 3.8) is 0 Å². The molecule has 5 heteroatoms. The molecule has 1 rings (SSSR count). The normalized spacial score (nSPS) is 16.9. The van der Waals surface area contributed by atoms with E-state index in [9.17, 15) is 4.79 Å². The molecule has 0 unspecified atom stereocenters. The van der Waals surface area contributed by atoms with Crippen LogP contribution in [0.3, 0.4) is 0 Å².